The van der Waals surface area contributed by atoms with Gasteiger partial charge in [0.25, 0.3) is 5.56 Å². The van der Waals surface area contributed by atoms with Crippen molar-refractivity contribution in [1.82, 2.24) is 14.9 Å². The highest BCUT2D eigenvalue weighted by atomic mass is 16.2. The van der Waals surface area contributed by atoms with Gasteiger partial charge in [-0.2, -0.15) is 0 Å². The number of carbonyl (C=O) groups excluding carboxylic acids is 1. The maximum atomic E-state index is 13.1. The van der Waals surface area contributed by atoms with Crippen LogP contribution in [0.3, 0.4) is 0 Å². The Morgan fingerprint density at radius 3 is 2.65 bits per heavy atom. The molecule has 26 heavy (non-hydrogen) atoms. The van der Waals surface area contributed by atoms with Crippen molar-refractivity contribution in [1.29, 1.82) is 0 Å². The summed E-state index contributed by atoms with van der Waals surface area (Å²) in [7, 11) is 0. The summed E-state index contributed by atoms with van der Waals surface area (Å²) in [5.74, 6) is 0.908. The Balaban J connectivity index is 1.88. The monoisotopic (exact) mass is 356 g/mol. The molecule has 1 aliphatic heterocycles. The molecule has 0 atom stereocenters. The SMILES string of the molecule is CC(C)CNC(=O)CCn1c(=O)c(N2CCCCC2)nc2ccccc21. The molecule has 1 saturated heterocycles. The highest BCUT2D eigenvalue weighted by Crippen LogP contribution is 2.18. The maximum absolute atomic E-state index is 13.1. The van der Waals surface area contributed by atoms with E-state index in [1.54, 1.807) is 4.57 Å². The number of para-hydroxylation sites is 2. The summed E-state index contributed by atoms with van der Waals surface area (Å²) in [6, 6.07) is 7.66. The van der Waals surface area contributed by atoms with Gasteiger partial charge in [0.1, 0.15) is 0 Å². The van der Waals surface area contributed by atoms with E-state index in [0.29, 0.717) is 31.2 Å². The molecule has 1 N–H and O–H groups in total. The number of nitrogens with one attached hydrogen (secondary N) is 1. The number of piperidine rings is 1. The van der Waals surface area contributed by atoms with Gasteiger partial charge in [-0.05, 0) is 37.3 Å². The number of hydrogen-bond donors (Lipinski definition) is 1. The molecule has 0 radical (unpaired) electrons. The zero-order valence-corrected chi connectivity index (χ0v) is 15.7. The van der Waals surface area contributed by atoms with Crippen LogP contribution in [0, 0.1) is 5.92 Å². The van der Waals surface area contributed by atoms with Gasteiger partial charge in [-0.3, -0.25) is 9.59 Å². The highest BCUT2D eigenvalue weighted by Gasteiger charge is 2.19. The van der Waals surface area contributed by atoms with Crippen LogP contribution in [-0.4, -0.2) is 35.1 Å². The molecule has 1 aliphatic rings. The number of aryl methyl sites for hydroxylation is 1. The van der Waals surface area contributed by atoms with E-state index in [1.165, 1.54) is 6.42 Å². The fourth-order valence-corrected chi connectivity index (χ4v) is 3.33. The summed E-state index contributed by atoms with van der Waals surface area (Å²) >= 11 is 0. The fourth-order valence-electron chi connectivity index (χ4n) is 3.33. The first-order valence-electron chi connectivity index (χ1n) is 9.57. The summed E-state index contributed by atoms with van der Waals surface area (Å²) in [5, 5.41) is 2.92. The lowest BCUT2D eigenvalue weighted by atomic mass is 10.1. The molecular formula is C20H28N4O2. The topological polar surface area (TPSA) is 67.2 Å². The van der Waals surface area contributed by atoms with E-state index in [1.807, 2.05) is 24.3 Å². The molecule has 0 unspecified atom stereocenters. The molecule has 0 bridgehead atoms. The van der Waals surface area contributed by atoms with E-state index in [0.717, 1.165) is 37.0 Å². The van der Waals surface area contributed by atoms with Crippen molar-refractivity contribution < 1.29 is 4.79 Å². The van der Waals surface area contributed by atoms with Gasteiger partial charge >= 0.3 is 0 Å². The fraction of sp³-hybridized carbons (Fsp3) is 0.550. The lowest BCUT2D eigenvalue weighted by Gasteiger charge is -2.27. The van der Waals surface area contributed by atoms with Gasteiger partial charge in [-0.25, -0.2) is 4.98 Å². The third-order valence-corrected chi connectivity index (χ3v) is 4.76. The van der Waals surface area contributed by atoms with E-state index in [2.05, 4.69) is 29.0 Å². The number of nitrogens with zero attached hydrogens (tertiary/aromatic N) is 3. The molecule has 1 fully saturated rings. The van der Waals surface area contributed by atoms with E-state index in [-0.39, 0.29) is 11.5 Å². The average molecular weight is 356 g/mol. The minimum absolute atomic E-state index is 0.0222. The Morgan fingerprint density at radius 1 is 1.19 bits per heavy atom. The molecular weight excluding hydrogens is 328 g/mol. The van der Waals surface area contributed by atoms with Crippen LogP contribution in [0.2, 0.25) is 0 Å². The van der Waals surface area contributed by atoms with Crippen molar-refractivity contribution >= 4 is 22.8 Å². The van der Waals surface area contributed by atoms with E-state index < -0.39 is 0 Å². The summed E-state index contributed by atoms with van der Waals surface area (Å²) in [6.45, 7) is 6.89. The van der Waals surface area contributed by atoms with Crippen LogP contribution in [-0.2, 0) is 11.3 Å². The lowest BCUT2D eigenvalue weighted by molar-refractivity contribution is -0.121. The summed E-state index contributed by atoms with van der Waals surface area (Å²) in [5.41, 5.74) is 1.49. The first-order chi connectivity index (χ1) is 12.6. The number of anilines is 1. The lowest BCUT2D eigenvalue weighted by Crippen LogP contribution is -2.37. The zero-order chi connectivity index (χ0) is 18.5. The molecule has 6 nitrogen and oxygen atoms in total. The predicted molar refractivity (Wildman–Crippen MR) is 105 cm³/mol. The molecule has 2 aromatic rings. The second kappa shape index (κ2) is 8.34. The molecule has 0 spiro atoms. The third-order valence-electron chi connectivity index (χ3n) is 4.76. The first-order valence-corrected chi connectivity index (χ1v) is 9.57. The minimum Gasteiger partial charge on any atom is -0.356 e. The van der Waals surface area contributed by atoms with Crippen LogP contribution in [0.1, 0.15) is 39.5 Å². The van der Waals surface area contributed by atoms with E-state index in [9.17, 15) is 9.59 Å². The second-order valence-corrected chi connectivity index (χ2v) is 7.38. The van der Waals surface area contributed by atoms with Crippen molar-refractivity contribution in [2.75, 3.05) is 24.5 Å². The quantitative estimate of drug-likeness (QED) is 0.864. The van der Waals surface area contributed by atoms with Gasteiger partial charge in [-0.15, -0.1) is 0 Å². The maximum Gasteiger partial charge on any atom is 0.294 e. The third kappa shape index (κ3) is 4.23. The Morgan fingerprint density at radius 2 is 1.92 bits per heavy atom. The molecule has 1 amide bonds. The number of hydrogen-bond acceptors (Lipinski definition) is 4. The summed E-state index contributed by atoms with van der Waals surface area (Å²) in [4.78, 5) is 31.9. The van der Waals surface area contributed by atoms with Gasteiger partial charge < -0.3 is 14.8 Å². The standard InChI is InChI=1S/C20H28N4O2/c1-15(2)14-21-18(25)10-13-24-17-9-5-4-8-16(17)22-19(20(24)26)23-11-6-3-7-12-23/h4-5,8-9,15H,3,6-7,10-14H2,1-2H3,(H,21,25). The average Bonchev–Trinajstić information content (AvgIpc) is 2.66. The van der Waals surface area contributed by atoms with Crippen molar-refractivity contribution in [3.63, 3.8) is 0 Å². The Labute approximate surface area is 154 Å². The Kier molecular flexibility index (Phi) is 5.91. The van der Waals surface area contributed by atoms with Gasteiger partial charge in [0.15, 0.2) is 5.82 Å². The van der Waals surface area contributed by atoms with Crippen molar-refractivity contribution in [2.45, 2.75) is 46.1 Å². The molecule has 0 aliphatic carbocycles. The number of carbonyl (C=O) groups is 1. The summed E-state index contributed by atoms with van der Waals surface area (Å²) < 4.78 is 1.71. The second-order valence-electron chi connectivity index (χ2n) is 7.38. The summed E-state index contributed by atoms with van der Waals surface area (Å²) in [6.07, 6.45) is 3.67. The van der Waals surface area contributed by atoms with Crippen LogP contribution in [0.5, 0.6) is 0 Å². The Bertz CT molecular complexity index is 822. The van der Waals surface area contributed by atoms with E-state index >= 15 is 0 Å². The van der Waals surface area contributed by atoms with Crippen LogP contribution in [0.4, 0.5) is 5.82 Å². The molecule has 140 valence electrons. The number of rotatable bonds is 6. The molecule has 6 heteroatoms. The van der Waals surface area contributed by atoms with Crippen LogP contribution in [0.25, 0.3) is 11.0 Å². The zero-order valence-electron chi connectivity index (χ0n) is 15.7. The van der Waals surface area contributed by atoms with Crippen LogP contribution < -0.4 is 15.8 Å². The van der Waals surface area contributed by atoms with E-state index in [4.69, 9.17) is 0 Å². The minimum atomic E-state index is -0.0951. The predicted octanol–water partition coefficient (Wildman–Crippen LogP) is 2.55. The Hall–Kier alpha value is -2.37. The van der Waals surface area contributed by atoms with Crippen molar-refractivity contribution in [2.24, 2.45) is 5.92 Å². The van der Waals surface area contributed by atoms with Gasteiger partial charge in [0.2, 0.25) is 5.91 Å². The van der Waals surface area contributed by atoms with Crippen LogP contribution in [0.15, 0.2) is 29.1 Å². The van der Waals surface area contributed by atoms with Gasteiger partial charge in [-0.1, -0.05) is 26.0 Å². The smallest absolute Gasteiger partial charge is 0.294 e. The van der Waals surface area contributed by atoms with Gasteiger partial charge in [0.05, 0.1) is 11.0 Å². The first kappa shape index (κ1) is 18.4. The van der Waals surface area contributed by atoms with Crippen molar-refractivity contribution in [3.8, 4) is 0 Å². The van der Waals surface area contributed by atoms with Gasteiger partial charge in [0, 0.05) is 32.6 Å². The normalized spacial score (nSPS) is 14.8. The molecule has 1 aromatic heterocycles. The number of aromatic nitrogens is 2. The van der Waals surface area contributed by atoms with Crippen molar-refractivity contribution in [3.05, 3.63) is 34.6 Å². The highest BCUT2D eigenvalue weighted by molar-refractivity contribution is 5.78. The number of amides is 1. The largest absolute Gasteiger partial charge is 0.356 e. The molecule has 0 saturated carbocycles. The van der Waals surface area contributed by atoms with Crippen LogP contribution >= 0.6 is 0 Å². The number of fused-ring (bicyclic) bond motifs is 1. The molecule has 1 aromatic carbocycles. The number of benzene rings is 1. The molecule has 2 heterocycles. The molecule has 3 rings (SSSR count).